The van der Waals surface area contributed by atoms with Crippen LogP contribution in [0.1, 0.15) is 0 Å². The molecule has 1 aliphatic carbocycles. The van der Waals surface area contributed by atoms with Crippen molar-refractivity contribution in [3.8, 4) is 50.2 Å². The fourth-order valence-corrected chi connectivity index (χ4v) is 8.78. The molecule has 0 fully saturated rings. The van der Waals surface area contributed by atoms with Gasteiger partial charge in [0.15, 0.2) is 0 Å². The first kappa shape index (κ1) is 30.5. The maximum Gasteiger partial charge on any atom is 0.0561 e. The predicted molar refractivity (Wildman–Crippen MR) is 228 cm³/mol. The molecule has 0 atom stereocenters. The van der Waals surface area contributed by atoms with Crippen LogP contribution in [0.25, 0.3) is 82.8 Å². The van der Waals surface area contributed by atoms with E-state index < -0.39 is 0 Å². The number of benzene rings is 9. The number of hydrogen-bond acceptors (Lipinski definition) is 1. The minimum absolute atomic E-state index is 1.10. The summed E-state index contributed by atoms with van der Waals surface area (Å²) in [6.07, 6.45) is 0. The van der Waals surface area contributed by atoms with E-state index in [4.69, 9.17) is 0 Å². The molecule has 252 valence electrons. The second kappa shape index (κ2) is 12.2. The van der Waals surface area contributed by atoms with E-state index in [0.717, 1.165) is 22.7 Å². The smallest absolute Gasteiger partial charge is 0.0561 e. The highest BCUT2D eigenvalue weighted by Gasteiger charge is 2.25. The molecule has 2 heteroatoms. The third-order valence-electron chi connectivity index (χ3n) is 11.1. The number of para-hydroxylation sites is 2. The van der Waals surface area contributed by atoms with Crippen molar-refractivity contribution in [3.63, 3.8) is 0 Å². The van der Waals surface area contributed by atoms with Gasteiger partial charge in [-0.1, -0.05) is 158 Å². The summed E-state index contributed by atoms with van der Waals surface area (Å²) in [6, 6.07) is 75.4. The molecular formula is C52H34N2. The normalized spacial score (nSPS) is 11.7. The zero-order valence-electron chi connectivity index (χ0n) is 29.5. The van der Waals surface area contributed by atoms with Crippen LogP contribution < -0.4 is 4.90 Å². The molecule has 1 aliphatic rings. The van der Waals surface area contributed by atoms with Gasteiger partial charge in [-0.3, -0.25) is 0 Å². The van der Waals surface area contributed by atoms with Crippen molar-refractivity contribution in [3.05, 3.63) is 206 Å². The molecule has 0 spiro atoms. The largest absolute Gasteiger partial charge is 0.310 e. The summed E-state index contributed by atoms with van der Waals surface area (Å²) in [5, 5.41) is 4.97. The summed E-state index contributed by atoms with van der Waals surface area (Å²) < 4.78 is 2.41. The highest BCUT2D eigenvalue weighted by Crippen LogP contribution is 2.51. The van der Waals surface area contributed by atoms with Crippen LogP contribution in [0.5, 0.6) is 0 Å². The average molecular weight is 687 g/mol. The summed E-state index contributed by atoms with van der Waals surface area (Å²) in [6.45, 7) is 0. The Balaban J connectivity index is 1.22. The van der Waals surface area contributed by atoms with Crippen LogP contribution in [-0.2, 0) is 0 Å². The number of anilines is 3. The molecule has 0 bridgehead atoms. The molecule has 0 unspecified atom stereocenters. The standard InChI is InChI=1S/C52H34N2/c1-3-15-35(16-4-1)36-17-13-20-38(33-36)53(39-29-30-45-44-25-11-12-28-49(44)54(51(45)34-39)37-18-5-2-6-19-37)50-32-31-47-43-24-10-8-22-41(43)40-21-7-9-23-42(40)46-26-14-27-48(50)52(46)47/h1-34H. The van der Waals surface area contributed by atoms with Gasteiger partial charge in [0.05, 0.1) is 16.7 Å². The van der Waals surface area contributed by atoms with Crippen molar-refractivity contribution >= 4 is 49.6 Å². The zero-order valence-corrected chi connectivity index (χ0v) is 29.5. The fraction of sp³-hybridized carbons (Fsp3) is 0. The number of hydrogen-bond donors (Lipinski definition) is 0. The van der Waals surface area contributed by atoms with Crippen LogP contribution in [0.2, 0.25) is 0 Å². The van der Waals surface area contributed by atoms with E-state index in [2.05, 4.69) is 216 Å². The van der Waals surface area contributed by atoms with Crippen LogP contribution in [0, 0.1) is 0 Å². The minimum atomic E-state index is 1.10. The van der Waals surface area contributed by atoms with Gasteiger partial charge >= 0.3 is 0 Å². The molecule has 0 aliphatic heterocycles. The molecule has 54 heavy (non-hydrogen) atoms. The number of fused-ring (bicyclic) bond motifs is 8. The molecule has 0 N–H and O–H groups in total. The fourth-order valence-electron chi connectivity index (χ4n) is 8.78. The number of nitrogens with zero attached hydrogens (tertiary/aromatic N) is 2. The lowest BCUT2D eigenvalue weighted by Crippen LogP contribution is -2.11. The molecular weight excluding hydrogens is 653 g/mol. The second-order valence-corrected chi connectivity index (χ2v) is 14.1. The third kappa shape index (κ3) is 4.67. The average Bonchev–Trinajstić information content (AvgIpc) is 3.52. The molecule has 0 amide bonds. The molecule has 11 rings (SSSR count). The van der Waals surface area contributed by atoms with Gasteiger partial charge in [0.1, 0.15) is 0 Å². The van der Waals surface area contributed by atoms with Crippen molar-refractivity contribution < 1.29 is 0 Å². The minimum Gasteiger partial charge on any atom is -0.310 e. The maximum atomic E-state index is 2.46. The van der Waals surface area contributed by atoms with E-state index in [9.17, 15) is 0 Å². The van der Waals surface area contributed by atoms with Gasteiger partial charge in [-0.05, 0) is 98.4 Å². The van der Waals surface area contributed by atoms with Gasteiger partial charge in [0.25, 0.3) is 0 Å². The van der Waals surface area contributed by atoms with E-state index in [1.54, 1.807) is 0 Å². The predicted octanol–water partition coefficient (Wildman–Crippen LogP) is 14.4. The topological polar surface area (TPSA) is 8.17 Å². The summed E-state index contributed by atoms with van der Waals surface area (Å²) >= 11 is 0. The molecule has 10 aromatic rings. The van der Waals surface area contributed by atoms with E-state index in [1.165, 1.54) is 77.1 Å². The molecule has 1 heterocycles. The van der Waals surface area contributed by atoms with Crippen LogP contribution in [0.15, 0.2) is 206 Å². The first-order valence-electron chi connectivity index (χ1n) is 18.6. The Bertz CT molecular complexity index is 2990. The maximum absolute atomic E-state index is 2.46. The summed E-state index contributed by atoms with van der Waals surface area (Å²) in [5.41, 5.74) is 16.8. The lowest BCUT2D eigenvalue weighted by Gasteiger charge is -2.28. The summed E-state index contributed by atoms with van der Waals surface area (Å²) in [7, 11) is 0. The van der Waals surface area contributed by atoms with Crippen molar-refractivity contribution in [1.29, 1.82) is 0 Å². The summed E-state index contributed by atoms with van der Waals surface area (Å²) in [4.78, 5) is 2.46. The quantitative estimate of drug-likeness (QED) is 0.175. The molecule has 0 radical (unpaired) electrons. The van der Waals surface area contributed by atoms with Crippen molar-refractivity contribution in [2.75, 3.05) is 4.90 Å². The molecule has 0 saturated heterocycles. The Hall–Kier alpha value is -7.16. The molecule has 0 saturated carbocycles. The van der Waals surface area contributed by atoms with E-state index in [0.29, 0.717) is 0 Å². The lowest BCUT2D eigenvalue weighted by atomic mass is 9.92. The van der Waals surface area contributed by atoms with Gasteiger partial charge < -0.3 is 9.47 Å². The monoisotopic (exact) mass is 686 g/mol. The van der Waals surface area contributed by atoms with Crippen molar-refractivity contribution in [2.45, 2.75) is 0 Å². The second-order valence-electron chi connectivity index (χ2n) is 14.1. The Morgan fingerprint density at radius 1 is 0.315 bits per heavy atom. The Kier molecular flexibility index (Phi) is 6.90. The first-order chi connectivity index (χ1) is 26.8. The molecule has 1 aromatic heterocycles. The van der Waals surface area contributed by atoms with Gasteiger partial charge in [0, 0.05) is 33.2 Å². The van der Waals surface area contributed by atoms with Crippen molar-refractivity contribution in [1.82, 2.24) is 4.57 Å². The highest BCUT2D eigenvalue weighted by atomic mass is 15.1. The summed E-state index contributed by atoms with van der Waals surface area (Å²) in [5.74, 6) is 0. The van der Waals surface area contributed by atoms with E-state index in [1.807, 2.05) is 0 Å². The Labute approximate surface area is 314 Å². The van der Waals surface area contributed by atoms with Gasteiger partial charge in [-0.2, -0.15) is 0 Å². The van der Waals surface area contributed by atoms with Crippen molar-refractivity contribution in [2.24, 2.45) is 0 Å². The molecule has 2 nitrogen and oxygen atoms in total. The Morgan fingerprint density at radius 3 is 1.61 bits per heavy atom. The van der Waals surface area contributed by atoms with Crippen LogP contribution in [0.3, 0.4) is 0 Å². The SMILES string of the molecule is c1ccc(-c2cccc(N(c3ccc4c5ccccc5n(-c5ccccc5)c4c3)c3ccc4c5c(cccc35)-c3ccccc3-c3ccccc3-4)c2)cc1. The van der Waals surface area contributed by atoms with E-state index >= 15 is 0 Å². The lowest BCUT2D eigenvalue weighted by molar-refractivity contribution is 1.18. The zero-order chi connectivity index (χ0) is 35.6. The first-order valence-corrected chi connectivity index (χ1v) is 18.6. The third-order valence-corrected chi connectivity index (χ3v) is 11.1. The van der Waals surface area contributed by atoms with Crippen LogP contribution >= 0.6 is 0 Å². The van der Waals surface area contributed by atoms with Gasteiger partial charge in [0.2, 0.25) is 0 Å². The van der Waals surface area contributed by atoms with Gasteiger partial charge in [-0.15, -0.1) is 0 Å². The van der Waals surface area contributed by atoms with Gasteiger partial charge in [-0.25, -0.2) is 0 Å². The van der Waals surface area contributed by atoms with E-state index in [-0.39, 0.29) is 0 Å². The highest BCUT2D eigenvalue weighted by molar-refractivity contribution is 6.18. The Morgan fingerprint density at radius 2 is 0.852 bits per heavy atom. The number of aromatic nitrogens is 1. The van der Waals surface area contributed by atoms with Crippen LogP contribution in [-0.4, -0.2) is 4.57 Å². The molecule has 9 aromatic carbocycles. The van der Waals surface area contributed by atoms with Crippen LogP contribution in [0.4, 0.5) is 17.1 Å². The number of rotatable bonds is 5.